The van der Waals surface area contributed by atoms with Crippen LogP contribution in [0.4, 0.5) is 0 Å². The van der Waals surface area contributed by atoms with Crippen LogP contribution in [0.1, 0.15) is 12.8 Å². The summed E-state index contributed by atoms with van der Waals surface area (Å²) < 4.78 is 5.13. The van der Waals surface area contributed by atoms with Crippen LogP contribution in [0, 0.1) is 0 Å². The van der Waals surface area contributed by atoms with Crippen molar-refractivity contribution in [3.05, 3.63) is 0 Å². The zero-order valence-electron chi connectivity index (χ0n) is 6.59. The number of nitrogens with one attached hydrogen (secondary N) is 1. The smallest absolute Gasteiger partial charge is 0.305 e. The number of hydrogen-bond donors (Lipinski definition) is 2. The molecule has 0 amide bonds. The van der Waals surface area contributed by atoms with Crippen molar-refractivity contribution in [3.63, 3.8) is 0 Å². The maximum Gasteiger partial charge on any atom is 0.305 e. The van der Waals surface area contributed by atoms with Crippen LogP contribution >= 0.6 is 0 Å². The Labute approximate surface area is 65.5 Å². The minimum atomic E-state index is -0.773. The Hall–Kier alpha value is -0.610. The van der Waals surface area contributed by atoms with Gasteiger partial charge < -0.3 is 15.2 Å². The fraction of sp³-hybridized carbons (Fsp3) is 0.857. The zero-order valence-corrected chi connectivity index (χ0v) is 6.59. The van der Waals surface area contributed by atoms with Gasteiger partial charge >= 0.3 is 5.97 Å². The molecule has 1 aliphatic rings. The number of rotatable bonds is 3. The summed E-state index contributed by atoms with van der Waals surface area (Å²) in [7, 11) is 1.78. The van der Waals surface area contributed by atoms with Crippen LogP contribution in [0.2, 0.25) is 0 Å². The molecule has 1 heterocycles. The third kappa shape index (κ3) is 1.91. The summed E-state index contributed by atoms with van der Waals surface area (Å²) in [5, 5.41) is 11.6. The van der Waals surface area contributed by atoms with Gasteiger partial charge in [0, 0.05) is 6.61 Å². The Morgan fingerprint density at radius 3 is 2.91 bits per heavy atom. The van der Waals surface area contributed by atoms with Crippen LogP contribution < -0.4 is 5.32 Å². The van der Waals surface area contributed by atoms with Gasteiger partial charge in [-0.05, 0) is 13.5 Å². The standard InChI is InChI=1S/C7H13NO3/c1-8-7(4-6(9)10)2-3-11-5-7/h8H,2-5H2,1H3,(H,9,10). The van der Waals surface area contributed by atoms with Crippen molar-refractivity contribution >= 4 is 5.97 Å². The van der Waals surface area contributed by atoms with Crippen LogP contribution in [-0.2, 0) is 9.53 Å². The number of aliphatic carboxylic acids is 1. The highest BCUT2D eigenvalue weighted by atomic mass is 16.5. The maximum atomic E-state index is 10.4. The van der Waals surface area contributed by atoms with Gasteiger partial charge in [0.1, 0.15) is 0 Å². The molecular formula is C7H13NO3. The molecule has 1 rings (SSSR count). The highest BCUT2D eigenvalue weighted by Crippen LogP contribution is 2.21. The van der Waals surface area contributed by atoms with E-state index in [0.717, 1.165) is 6.42 Å². The molecule has 1 aliphatic heterocycles. The van der Waals surface area contributed by atoms with Gasteiger partial charge in [-0.25, -0.2) is 0 Å². The van der Waals surface area contributed by atoms with Crippen molar-refractivity contribution in [1.29, 1.82) is 0 Å². The van der Waals surface area contributed by atoms with Crippen molar-refractivity contribution in [1.82, 2.24) is 5.32 Å². The highest BCUT2D eigenvalue weighted by Gasteiger charge is 2.35. The lowest BCUT2D eigenvalue weighted by Crippen LogP contribution is -2.45. The minimum Gasteiger partial charge on any atom is -0.481 e. The molecule has 0 aliphatic carbocycles. The molecule has 0 saturated carbocycles. The van der Waals surface area contributed by atoms with Gasteiger partial charge in [0.2, 0.25) is 0 Å². The third-order valence-electron chi connectivity index (χ3n) is 2.12. The van der Waals surface area contributed by atoms with Crippen LogP contribution in [0.15, 0.2) is 0 Å². The summed E-state index contributed by atoms with van der Waals surface area (Å²) in [5.74, 6) is -0.773. The summed E-state index contributed by atoms with van der Waals surface area (Å²) in [6.45, 7) is 1.17. The van der Waals surface area contributed by atoms with Gasteiger partial charge in [-0.1, -0.05) is 0 Å². The van der Waals surface area contributed by atoms with Gasteiger partial charge in [0.05, 0.1) is 18.6 Å². The molecule has 11 heavy (non-hydrogen) atoms. The molecule has 0 aromatic rings. The molecule has 0 aromatic heterocycles. The molecule has 0 radical (unpaired) electrons. The summed E-state index contributed by atoms with van der Waals surface area (Å²) in [4.78, 5) is 10.4. The Morgan fingerprint density at radius 2 is 2.55 bits per heavy atom. The average Bonchev–Trinajstić information content (AvgIpc) is 2.36. The number of carboxylic acid groups (broad SMARTS) is 1. The normalized spacial score (nSPS) is 30.6. The molecule has 1 fully saturated rings. The van der Waals surface area contributed by atoms with Crippen LogP contribution in [0.5, 0.6) is 0 Å². The van der Waals surface area contributed by atoms with E-state index in [1.54, 1.807) is 7.05 Å². The molecule has 1 saturated heterocycles. The molecule has 2 N–H and O–H groups in total. The molecule has 4 heteroatoms. The minimum absolute atomic E-state index is 0.142. The molecular weight excluding hydrogens is 146 g/mol. The summed E-state index contributed by atoms with van der Waals surface area (Å²) >= 11 is 0. The van der Waals surface area contributed by atoms with Gasteiger partial charge in [-0.3, -0.25) is 4.79 Å². The molecule has 0 bridgehead atoms. The SMILES string of the molecule is CNC1(CC(=O)O)CCOC1. The number of ether oxygens (including phenoxy) is 1. The lowest BCUT2D eigenvalue weighted by atomic mass is 9.95. The van der Waals surface area contributed by atoms with Gasteiger partial charge in [-0.2, -0.15) is 0 Å². The number of likely N-dealkylation sites (N-methyl/N-ethyl adjacent to an activating group) is 1. The van der Waals surface area contributed by atoms with E-state index < -0.39 is 5.97 Å². The topological polar surface area (TPSA) is 58.6 Å². The first-order chi connectivity index (χ1) is 5.18. The third-order valence-corrected chi connectivity index (χ3v) is 2.12. The summed E-state index contributed by atoms with van der Waals surface area (Å²) in [6.07, 6.45) is 0.930. The van der Waals surface area contributed by atoms with E-state index in [1.165, 1.54) is 0 Å². The van der Waals surface area contributed by atoms with Crippen molar-refractivity contribution < 1.29 is 14.6 Å². The van der Waals surface area contributed by atoms with Crippen molar-refractivity contribution in [2.75, 3.05) is 20.3 Å². The van der Waals surface area contributed by atoms with E-state index in [-0.39, 0.29) is 12.0 Å². The monoisotopic (exact) mass is 159 g/mol. The first-order valence-electron chi connectivity index (χ1n) is 3.67. The second-order valence-electron chi connectivity index (χ2n) is 2.90. The quantitative estimate of drug-likeness (QED) is 0.600. The first kappa shape index (κ1) is 8.49. The Bertz CT molecular complexity index is 152. The predicted molar refractivity (Wildman–Crippen MR) is 39.5 cm³/mol. The predicted octanol–water partition coefficient (Wildman–Crippen LogP) is -0.160. The number of carboxylic acids is 1. The summed E-state index contributed by atoms with van der Waals surface area (Å²) in [6, 6.07) is 0. The first-order valence-corrected chi connectivity index (χ1v) is 3.67. The fourth-order valence-corrected chi connectivity index (χ4v) is 1.32. The second kappa shape index (κ2) is 3.19. The lowest BCUT2D eigenvalue weighted by Gasteiger charge is -2.24. The van der Waals surface area contributed by atoms with E-state index in [1.807, 2.05) is 0 Å². The van der Waals surface area contributed by atoms with E-state index in [4.69, 9.17) is 9.84 Å². The highest BCUT2D eigenvalue weighted by molar-refractivity contribution is 5.68. The Morgan fingerprint density at radius 1 is 1.82 bits per heavy atom. The largest absolute Gasteiger partial charge is 0.481 e. The van der Waals surface area contributed by atoms with Crippen molar-refractivity contribution in [2.45, 2.75) is 18.4 Å². The Kier molecular flexibility index (Phi) is 2.46. The molecule has 0 aromatic carbocycles. The van der Waals surface area contributed by atoms with E-state index in [9.17, 15) is 4.79 Å². The molecule has 64 valence electrons. The van der Waals surface area contributed by atoms with E-state index in [2.05, 4.69) is 5.32 Å². The summed E-state index contributed by atoms with van der Waals surface area (Å²) in [5.41, 5.74) is -0.314. The second-order valence-corrected chi connectivity index (χ2v) is 2.90. The van der Waals surface area contributed by atoms with Crippen LogP contribution in [0.25, 0.3) is 0 Å². The lowest BCUT2D eigenvalue weighted by molar-refractivity contribution is -0.138. The zero-order chi connectivity index (χ0) is 8.32. The van der Waals surface area contributed by atoms with Crippen molar-refractivity contribution in [3.8, 4) is 0 Å². The molecule has 1 unspecified atom stereocenters. The Balaban J connectivity index is 2.52. The van der Waals surface area contributed by atoms with E-state index in [0.29, 0.717) is 13.2 Å². The number of carbonyl (C=O) groups is 1. The van der Waals surface area contributed by atoms with Gasteiger partial charge in [0.15, 0.2) is 0 Å². The van der Waals surface area contributed by atoms with E-state index >= 15 is 0 Å². The maximum absolute atomic E-state index is 10.4. The van der Waals surface area contributed by atoms with Crippen molar-refractivity contribution in [2.24, 2.45) is 0 Å². The molecule has 1 atom stereocenters. The van der Waals surface area contributed by atoms with Gasteiger partial charge in [-0.15, -0.1) is 0 Å². The average molecular weight is 159 g/mol. The molecule has 0 spiro atoms. The number of hydrogen-bond acceptors (Lipinski definition) is 3. The van der Waals surface area contributed by atoms with Crippen LogP contribution in [0.3, 0.4) is 0 Å². The van der Waals surface area contributed by atoms with Crippen LogP contribution in [-0.4, -0.2) is 36.9 Å². The van der Waals surface area contributed by atoms with Gasteiger partial charge in [0.25, 0.3) is 0 Å². The molecule has 4 nitrogen and oxygen atoms in total. The fourth-order valence-electron chi connectivity index (χ4n) is 1.32.